The number of carbonyl (C=O) groups is 1. The third-order valence-corrected chi connectivity index (χ3v) is 2.66. The number of hydrogen-bond acceptors (Lipinski definition) is 4. The lowest BCUT2D eigenvalue weighted by atomic mass is 10.1. The first-order valence-corrected chi connectivity index (χ1v) is 5.99. The van der Waals surface area contributed by atoms with Gasteiger partial charge in [-0.15, -0.1) is 5.10 Å². The summed E-state index contributed by atoms with van der Waals surface area (Å²) < 4.78 is 5.08. The first-order valence-electron chi connectivity index (χ1n) is 5.99. The van der Waals surface area contributed by atoms with E-state index < -0.39 is 0 Å². The van der Waals surface area contributed by atoms with Gasteiger partial charge in [0, 0.05) is 6.54 Å². The Labute approximate surface area is 111 Å². The van der Waals surface area contributed by atoms with Crippen LogP contribution in [0.25, 0.3) is 0 Å². The van der Waals surface area contributed by atoms with Crippen LogP contribution in [0.15, 0.2) is 24.3 Å². The Morgan fingerprint density at radius 3 is 2.68 bits per heavy atom. The zero-order chi connectivity index (χ0) is 13.7. The molecule has 0 aliphatic rings. The molecular weight excluding hydrogens is 244 g/mol. The zero-order valence-corrected chi connectivity index (χ0v) is 10.9. The molecular formula is C13H16N4O2. The van der Waals surface area contributed by atoms with Crippen LogP contribution in [0.3, 0.4) is 0 Å². The topological polar surface area (TPSA) is 79.9 Å². The van der Waals surface area contributed by atoms with Gasteiger partial charge in [-0.3, -0.25) is 9.89 Å². The van der Waals surface area contributed by atoms with Crippen molar-refractivity contribution in [3.8, 4) is 5.75 Å². The number of aromatic nitrogens is 3. The first kappa shape index (κ1) is 13.1. The second-order valence-corrected chi connectivity index (χ2v) is 4.10. The van der Waals surface area contributed by atoms with Crippen LogP contribution in [0.2, 0.25) is 0 Å². The minimum Gasteiger partial charge on any atom is -0.497 e. The monoisotopic (exact) mass is 260 g/mol. The number of H-pyrrole nitrogens is 1. The Kier molecular flexibility index (Phi) is 4.12. The molecule has 6 nitrogen and oxygen atoms in total. The van der Waals surface area contributed by atoms with Gasteiger partial charge in [0.05, 0.1) is 7.11 Å². The summed E-state index contributed by atoms with van der Waals surface area (Å²) in [6.07, 6.45) is 0.749. The number of nitrogens with one attached hydrogen (secondary N) is 2. The predicted molar refractivity (Wildman–Crippen MR) is 70.2 cm³/mol. The summed E-state index contributed by atoms with van der Waals surface area (Å²) in [7, 11) is 1.63. The summed E-state index contributed by atoms with van der Waals surface area (Å²) in [5.74, 6) is 1.36. The van der Waals surface area contributed by atoms with Crippen LogP contribution in [0.1, 0.15) is 22.0 Å². The van der Waals surface area contributed by atoms with E-state index in [0.29, 0.717) is 12.4 Å². The maximum absolute atomic E-state index is 11.7. The number of benzene rings is 1. The van der Waals surface area contributed by atoms with Gasteiger partial charge in [0.2, 0.25) is 5.82 Å². The largest absolute Gasteiger partial charge is 0.497 e. The van der Waals surface area contributed by atoms with E-state index in [2.05, 4.69) is 20.5 Å². The number of ether oxygens (including phenoxy) is 1. The van der Waals surface area contributed by atoms with E-state index in [1.54, 1.807) is 14.0 Å². The van der Waals surface area contributed by atoms with E-state index in [0.717, 1.165) is 17.7 Å². The van der Waals surface area contributed by atoms with Crippen molar-refractivity contribution >= 4 is 5.91 Å². The fraction of sp³-hybridized carbons (Fsp3) is 0.308. The molecule has 2 N–H and O–H groups in total. The van der Waals surface area contributed by atoms with E-state index >= 15 is 0 Å². The zero-order valence-electron chi connectivity index (χ0n) is 10.9. The van der Waals surface area contributed by atoms with Gasteiger partial charge in [0.15, 0.2) is 0 Å². The van der Waals surface area contributed by atoms with Crippen LogP contribution < -0.4 is 10.1 Å². The van der Waals surface area contributed by atoms with Crippen molar-refractivity contribution < 1.29 is 9.53 Å². The standard InChI is InChI=1S/C13H16N4O2/c1-9-15-12(17-16-9)13(18)14-8-7-10-3-5-11(19-2)6-4-10/h3-6H,7-8H2,1-2H3,(H,14,18)(H,15,16,17). The molecule has 0 saturated heterocycles. The van der Waals surface area contributed by atoms with E-state index in [-0.39, 0.29) is 11.7 Å². The van der Waals surface area contributed by atoms with Crippen LogP contribution in [-0.4, -0.2) is 34.7 Å². The highest BCUT2D eigenvalue weighted by atomic mass is 16.5. The molecule has 1 heterocycles. The van der Waals surface area contributed by atoms with Crippen molar-refractivity contribution in [3.63, 3.8) is 0 Å². The van der Waals surface area contributed by atoms with Gasteiger partial charge in [-0.2, -0.15) is 0 Å². The van der Waals surface area contributed by atoms with Crippen molar-refractivity contribution in [1.82, 2.24) is 20.5 Å². The summed E-state index contributed by atoms with van der Waals surface area (Å²) in [5.41, 5.74) is 1.13. The fourth-order valence-electron chi connectivity index (χ4n) is 1.64. The summed E-state index contributed by atoms with van der Waals surface area (Å²) in [4.78, 5) is 15.6. The lowest BCUT2D eigenvalue weighted by Gasteiger charge is -2.04. The lowest BCUT2D eigenvalue weighted by molar-refractivity contribution is 0.0944. The SMILES string of the molecule is COc1ccc(CCNC(=O)c2n[nH]c(C)n2)cc1. The number of amides is 1. The molecule has 1 aromatic carbocycles. The van der Waals surface area contributed by atoms with Gasteiger partial charge in [-0.1, -0.05) is 12.1 Å². The molecule has 2 aromatic rings. The van der Waals surface area contributed by atoms with Crippen molar-refractivity contribution in [2.75, 3.05) is 13.7 Å². The molecule has 0 saturated carbocycles. The molecule has 0 atom stereocenters. The van der Waals surface area contributed by atoms with Crippen molar-refractivity contribution in [3.05, 3.63) is 41.5 Å². The van der Waals surface area contributed by atoms with Gasteiger partial charge in [0.1, 0.15) is 11.6 Å². The minimum absolute atomic E-state index is 0.173. The highest BCUT2D eigenvalue weighted by molar-refractivity contribution is 5.90. The van der Waals surface area contributed by atoms with Crippen LogP contribution in [0.5, 0.6) is 5.75 Å². The number of methoxy groups -OCH3 is 1. The molecule has 0 fully saturated rings. The molecule has 0 aliphatic heterocycles. The molecule has 6 heteroatoms. The van der Waals surface area contributed by atoms with E-state index in [1.807, 2.05) is 24.3 Å². The van der Waals surface area contributed by atoms with Crippen molar-refractivity contribution in [2.24, 2.45) is 0 Å². The van der Waals surface area contributed by atoms with Crippen LogP contribution in [0.4, 0.5) is 0 Å². The average Bonchev–Trinajstić information content (AvgIpc) is 2.86. The predicted octanol–water partition coefficient (Wildman–Crippen LogP) is 1.09. The quantitative estimate of drug-likeness (QED) is 0.843. The normalized spacial score (nSPS) is 10.2. The average molecular weight is 260 g/mol. The minimum atomic E-state index is -0.266. The molecule has 0 radical (unpaired) electrons. The second kappa shape index (κ2) is 5.99. The number of carbonyl (C=O) groups excluding carboxylic acids is 1. The summed E-state index contributed by atoms with van der Waals surface area (Å²) in [6.45, 7) is 2.29. The van der Waals surface area contributed by atoms with Gasteiger partial charge in [-0.25, -0.2) is 4.98 Å². The van der Waals surface area contributed by atoms with E-state index in [9.17, 15) is 4.79 Å². The molecule has 0 aliphatic carbocycles. The van der Waals surface area contributed by atoms with E-state index in [1.165, 1.54) is 0 Å². The van der Waals surface area contributed by atoms with Crippen LogP contribution in [0, 0.1) is 6.92 Å². The molecule has 19 heavy (non-hydrogen) atoms. The number of nitrogens with zero attached hydrogens (tertiary/aromatic N) is 2. The summed E-state index contributed by atoms with van der Waals surface area (Å²) in [5, 5.41) is 9.21. The number of hydrogen-bond donors (Lipinski definition) is 2. The third kappa shape index (κ3) is 3.54. The molecule has 1 aromatic heterocycles. The molecule has 0 bridgehead atoms. The first-order chi connectivity index (χ1) is 9.19. The second-order valence-electron chi connectivity index (χ2n) is 4.10. The Morgan fingerprint density at radius 1 is 1.37 bits per heavy atom. The number of aryl methyl sites for hydroxylation is 1. The Balaban J connectivity index is 1.81. The van der Waals surface area contributed by atoms with Gasteiger partial charge >= 0.3 is 0 Å². The van der Waals surface area contributed by atoms with Gasteiger partial charge in [-0.05, 0) is 31.0 Å². The molecule has 2 rings (SSSR count). The highest BCUT2D eigenvalue weighted by Crippen LogP contribution is 2.11. The lowest BCUT2D eigenvalue weighted by Crippen LogP contribution is -2.26. The summed E-state index contributed by atoms with van der Waals surface area (Å²) >= 11 is 0. The van der Waals surface area contributed by atoms with Crippen LogP contribution in [-0.2, 0) is 6.42 Å². The van der Waals surface area contributed by atoms with E-state index in [4.69, 9.17) is 4.74 Å². The Bertz CT molecular complexity index is 548. The fourth-order valence-corrected chi connectivity index (χ4v) is 1.64. The molecule has 100 valence electrons. The van der Waals surface area contributed by atoms with Gasteiger partial charge in [0.25, 0.3) is 5.91 Å². The molecule has 0 unspecified atom stereocenters. The summed E-state index contributed by atoms with van der Waals surface area (Å²) in [6, 6.07) is 7.75. The Hall–Kier alpha value is -2.37. The third-order valence-electron chi connectivity index (χ3n) is 2.66. The smallest absolute Gasteiger partial charge is 0.290 e. The Morgan fingerprint density at radius 2 is 2.11 bits per heavy atom. The maximum atomic E-state index is 11.7. The highest BCUT2D eigenvalue weighted by Gasteiger charge is 2.09. The maximum Gasteiger partial charge on any atom is 0.290 e. The number of aromatic amines is 1. The molecule has 1 amide bonds. The van der Waals surface area contributed by atoms with Crippen molar-refractivity contribution in [1.29, 1.82) is 0 Å². The van der Waals surface area contributed by atoms with Crippen LogP contribution >= 0.6 is 0 Å². The van der Waals surface area contributed by atoms with Gasteiger partial charge < -0.3 is 10.1 Å². The molecule has 0 spiro atoms. The number of rotatable bonds is 5. The van der Waals surface area contributed by atoms with Crippen molar-refractivity contribution in [2.45, 2.75) is 13.3 Å².